The highest BCUT2D eigenvalue weighted by atomic mass is 32.1. The Labute approximate surface area is 143 Å². The first-order chi connectivity index (χ1) is 11.6. The summed E-state index contributed by atoms with van der Waals surface area (Å²) in [6.07, 6.45) is -0.902. The number of carbonyl (C=O) groups is 1. The van der Waals surface area contributed by atoms with Crippen molar-refractivity contribution < 1.29 is 14.3 Å². The number of aliphatic hydroxyl groups excluding tert-OH is 1. The number of furan rings is 1. The van der Waals surface area contributed by atoms with E-state index in [9.17, 15) is 9.90 Å². The first kappa shape index (κ1) is 16.3. The molecule has 6 heteroatoms. The predicted molar refractivity (Wildman–Crippen MR) is 95.2 cm³/mol. The minimum Gasteiger partial charge on any atom is -0.457 e. The van der Waals surface area contributed by atoms with Gasteiger partial charge in [-0.15, -0.1) is 11.3 Å². The first-order valence-corrected chi connectivity index (χ1v) is 8.43. The van der Waals surface area contributed by atoms with E-state index in [4.69, 9.17) is 4.42 Å². The van der Waals surface area contributed by atoms with Crippen LogP contribution >= 0.6 is 11.3 Å². The van der Waals surface area contributed by atoms with Crippen LogP contribution in [0.1, 0.15) is 17.4 Å². The van der Waals surface area contributed by atoms with E-state index in [-0.39, 0.29) is 12.6 Å². The Kier molecular flexibility index (Phi) is 4.98. The van der Waals surface area contributed by atoms with Crippen molar-refractivity contribution in [3.05, 3.63) is 65.2 Å². The molecule has 24 heavy (non-hydrogen) atoms. The summed E-state index contributed by atoms with van der Waals surface area (Å²) in [5.74, 6) is 1.14. The Morgan fingerprint density at radius 1 is 1.21 bits per heavy atom. The quantitative estimate of drug-likeness (QED) is 0.651. The van der Waals surface area contributed by atoms with Crippen molar-refractivity contribution in [3.63, 3.8) is 0 Å². The third kappa shape index (κ3) is 3.84. The highest BCUT2D eigenvalue weighted by Crippen LogP contribution is 2.28. The molecule has 5 nitrogen and oxygen atoms in total. The molecular weight excluding hydrogens is 324 g/mol. The maximum Gasteiger partial charge on any atom is 0.319 e. The van der Waals surface area contributed by atoms with Crippen molar-refractivity contribution in [2.24, 2.45) is 0 Å². The van der Waals surface area contributed by atoms with Gasteiger partial charge in [0, 0.05) is 5.69 Å². The van der Waals surface area contributed by atoms with E-state index in [1.54, 1.807) is 17.4 Å². The molecule has 0 saturated carbocycles. The second-order valence-corrected chi connectivity index (χ2v) is 6.29. The first-order valence-electron chi connectivity index (χ1n) is 7.55. The van der Waals surface area contributed by atoms with Crippen molar-refractivity contribution >= 4 is 23.1 Å². The minimum absolute atomic E-state index is 0.0646. The summed E-state index contributed by atoms with van der Waals surface area (Å²) >= 11 is 1.57. The van der Waals surface area contributed by atoms with E-state index in [0.29, 0.717) is 11.5 Å². The van der Waals surface area contributed by atoms with Crippen molar-refractivity contribution in [3.8, 4) is 10.6 Å². The van der Waals surface area contributed by atoms with Gasteiger partial charge in [0.25, 0.3) is 0 Å². The van der Waals surface area contributed by atoms with Gasteiger partial charge >= 0.3 is 6.03 Å². The maximum absolute atomic E-state index is 11.9. The Balaban J connectivity index is 1.55. The summed E-state index contributed by atoms with van der Waals surface area (Å²) in [6, 6.07) is 14.6. The number of aliphatic hydroxyl groups is 1. The Morgan fingerprint density at radius 3 is 2.79 bits per heavy atom. The predicted octanol–water partition coefficient (Wildman–Crippen LogP) is 4.17. The van der Waals surface area contributed by atoms with Crippen LogP contribution < -0.4 is 10.6 Å². The van der Waals surface area contributed by atoms with E-state index >= 15 is 0 Å². The number of para-hydroxylation sites is 1. The largest absolute Gasteiger partial charge is 0.457 e. The summed E-state index contributed by atoms with van der Waals surface area (Å²) in [5, 5.41) is 17.5. The van der Waals surface area contributed by atoms with Gasteiger partial charge in [0.05, 0.1) is 11.4 Å². The topological polar surface area (TPSA) is 74.5 Å². The van der Waals surface area contributed by atoms with Crippen LogP contribution in [0.5, 0.6) is 0 Å². The molecule has 3 rings (SSSR count). The molecule has 0 saturated heterocycles. The van der Waals surface area contributed by atoms with Crippen LogP contribution in [0, 0.1) is 6.92 Å². The van der Waals surface area contributed by atoms with Gasteiger partial charge in [0.15, 0.2) is 0 Å². The molecule has 2 amide bonds. The summed E-state index contributed by atoms with van der Waals surface area (Å²) in [5.41, 5.74) is 1.71. The normalized spacial score (nSPS) is 11.9. The second kappa shape index (κ2) is 7.33. The number of hydrogen-bond donors (Lipinski definition) is 3. The molecule has 0 aliphatic heterocycles. The molecule has 1 aromatic carbocycles. The molecule has 2 heterocycles. The summed E-state index contributed by atoms with van der Waals surface area (Å²) < 4.78 is 5.65. The highest BCUT2D eigenvalue weighted by molar-refractivity contribution is 7.13. The minimum atomic E-state index is -0.902. The van der Waals surface area contributed by atoms with E-state index in [0.717, 1.165) is 16.1 Å². The molecule has 3 aromatic rings. The summed E-state index contributed by atoms with van der Waals surface area (Å²) in [4.78, 5) is 12.9. The van der Waals surface area contributed by atoms with E-state index in [1.807, 2.05) is 54.8 Å². The number of rotatable bonds is 5. The molecular formula is C18H18N2O3S. The van der Waals surface area contributed by atoms with Gasteiger partial charge in [0.2, 0.25) is 0 Å². The van der Waals surface area contributed by atoms with Crippen LogP contribution in [0.4, 0.5) is 10.5 Å². The van der Waals surface area contributed by atoms with Crippen molar-refractivity contribution in [2.45, 2.75) is 13.0 Å². The van der Waals surface area contributed by atoms with Crippen LogP contribution in [0.25, 0.3) is 10.6 Å². The van der Waals surface area contributed by atoms with Crippen LogP contribution in [-0.2, 0) is 0 Å². The molecule has 2 aromatic heterocycles. The fraction of sp³-hybridized carbons (Fsp3) is 0.167. The summed E-state index contributed by atoms with van der Waals surface area (Å²) in [7, 11) is 0. The smallest absolute Gasteiger partial charge is 0.319 e. The molecule has 0 spiro atoms. The number of aryl methyl sites for hydroxylation is 1. The molecule has 3 N–H and O–H groups in total. The average molecular weight is 342 g/mol. The SMILES string of the molecule is Cc1ccccc1NC(=O)NCC(O)c1ccc(-c2cccs2)o1. The Morgan fingerprint density at radius 2 is 2.04 bits per heavy atom. The zero-order chi connectivity index (χ0) is 16.9. The van der Waals surface area contributed by atoms with Gasteiger partial charge in [-0.3, -0.25) is 0 Å². The van der Waals surface area contributed by atoms with Crippen LogP contribution in [0.2, 0.25) is 0 Å². The standard InChI is InChI=1S/C18H18N2O3S/c1-12-5-2-3-6-13(12)20-18(22)19-11-14(21)15-8-9-16(23-15)17-7-4-10-24-17/h2-10,14,21H,11H2,1H3,(H2,19,20,22). The number of urea groups is 1. The van der Waals surface area contributed by atoms with Gasteiger partial charge in [0.1, 0.15) is 17.6 Å². The maximum atomic E-state index is 11.9. The third-order valence-electron chi connectivity index (χ3n) is 3.57. The van der Waals surface area contributed by atoms with Gasteiger partial charge in [-0.05, 0) is 42.1 Å². The second-order valence-electron chi connectivity index (χ2n) is 5.35. The van der Waals surface area contributed by atoms with Gasteiger partial charge < -0.3 is 20.2 Å². The molecule has 0 fully saturated rings. The average Bonchev–Trinajstić information content (AvgIpc) is 3.25. The molecule has 0 aliphatic carbocycles. The van der Waals surface area contributed by atoms with Crippen molar-refractivity contribution in [1.29, 1.82) is 0 Å². The van der Waals surface area contributed by atoms with Gasteiger partial charge in [-0.2, -0.15) is 0 Å². The lowest BCUT2D eigenvalue weighted by Crippen LogP contribution is -2.32. The molecule has 1 atom stereocenters. The van der Waals surface area contributed by atoms with Gasteiger partial charge in [-0.25, -0.2) is 4.79 Å². The zero-order valence-electron chi connectivity index (χ0n) is 13.2. The van der Waals surface area contributed by atoms with Crippen LogP contribution in [0.3, 0.4) is 0 Å². The summed E-state index contributed by atoms with van der Waals surface area (Å²) in [6.45, 7) is 1.98. The Bertz CT molecular complexity index is 811. The van der Waals surface area contributed by atoms with Crippen molar-refractivity contribution in [2.75, 3.05) is 11.9 Å². The van der Waals surface area contributed by atoms with E-state index in [1.165, 1.54) is 0 Å². The zero-order valence-corrected chi connectivity index (χ0v) is 14.0. The fourth-order valence-electron chi connectivity index (χ4n) is 2.25. The number of thiophene rings is 1. The van der Waals surface area contributed by atoms with E-state index < -0.39 is 6.10 Å². The number of nitrogens with one attached hydrogen (secondary N) is 2. The third-order valence-corrected chi connectivity index (χ3v) is 4.45. The lowest BCUT2D eigenvalue weighted by molar-refractivity contribution is 0.150. The highest BCUT2D eigenvalue weighted by Gasteiger charge is 2.15. The molecule has 0 bridgehead atoms. The molecule has 1 unspecified atom stereocenters. The molecule has 124 valence electrons. The molecule has 0 aliphatic rings. The molecule has 0 radical (unpaired) electrons. The van der Waals surface area contributed by atoms with Gasteiger partial charge in [-0.1, -0.05) is 24.3 Å². The lowest BCUT2D eigenvalue weighted by Gasteiger charge is -2.12. The number of hydrogen-bond acceptors (Lipinski definition) is 4. The fourth-order valence-corrected chi connectivity index (χ4v) is 2.94. The lowest BCUT2D eigenvalue weighted by atomic mass is 10.2. The Hall–Kier alpha value is -2.57. The van der Waals surface area contributed by atoms with E-state index in [2.05, 4.69) is 10.6 Å². The van der Waals surface area contributed by atoms with Crippen LogP contribution in [-0.4, -0.2) is 17.7 Å². The number of benzene rings is 1. The van der Waals surface area contributed by atoms with Crippen molar-refractivity contribution in [1.82, 2.24) is 5.32 Å². The number of amides is 2. The number of anilines is 1. The monoisotopic (exact) mass is 342 g/mol. The van der Waals surface area contributed by atoms with Crippen LogP contribution in [0.15, 0.2) is 58.3 Å². The number of carbonyl (C=O) groups excluding carboxylic acids is 1.